The second kappa shape index (κ2) is 9.66. The number of hydrogen-bond acceptors (Lipinski definition) is 5. The average molecular weight is 500 g/mol. The molecule has 3 fully saturated rings. The van der Waals surface area contributed by atoms with E-state index < -0.39 is 53.4 Å². The molecule has 3 aliphatic rings. The Bertz CT molecular complexity index is 916. The highest BCUT2D eigenvalue weighted by Gasteiger charge is 2.52. The van der Waals surface area contributed by atoms with E-state index in [-0.39, 0.29) is 30.2 Å². The number of halogens is 3. The number of nitrogens with one attached hydrogen (secondary N) is 4. The first-order valence-corrected chi connectivity index (χ1v) is 11.8. The largest absolute Gasteiger partial charge is 0.471 e. The lowest BCUT2D eigenvalue weighted by molar-refractivity contribution is -0.175. The minimum absolute atomic E-state index is 0.131. The predicted octanol–water partition coefficient (Wildman–Crippen LogP) is 1.43. The van der Waals surface area contributed by atoms with Gasteiger partial charge in [-0.15, -0.1) is 0 Å². The van der Waals surface area contributed by atoms with Crippen LogP contribution < -0.4 is 21.3 Å². The molecule has 0 aromatic carbocycles. The summed E-state index contributed by atoms with van der Waals surface area (Å²) >= 11 is 0. The zero-order chi connectivity index (χ0) is 26.2. The molecule has 35 heavy (non-hydrogen) atoms. The van der Waals surface area contributed by atoms with Crippen LogP contribution in [0.3, 0.4) is 0 Å². The number of hydrogen-bond donors (Lipinski definition) is 4. The molecule has 2 aliphatic carbocycles. The van der Waals surface area contributed by atoms with E-state index in [9.17, 15) is 37.6 Å². The van der Waals surface area contributed by atoms with E-state index in [1.807, 2.05) is 6.07 Å². The maximum Gasteiger partial charge on any atom is 0.471 e. The average Bonchev–Trinajstić information content (AvgIpc) is 3.65. The maximum atomic E-state index is 13.0. The van der Waals surface area contributed by atoms with Crippen molar-refractivity contribution >= 4 is 23.6 Å². The second-order valence-corrected chi connectivity index (χ2v) is 11.1. The fraction of sp³-hybridized carbons (Fsp3) is 0.783. The van der Waals surface area contributed by atoms with Gasteiger partial charge in [-0.25, -0.2) is 0 Å². The monoisotopic (exact) mass is 499 g/mol. The number of nitrogens with zero attached hydrogens (tertiary/aromatic N) is 1. The van der Waals surface area contributed by atoms with E-state index in [4.69, 9.17) is 0 Å². The summed E-state index contributed by atoms with van der Waals surface area (Å²) in [6.07, 6.45) is -0.686. The Morgan fingerprint density at radius 2 is 1.71 bits per heavy atom. The summed E-state index contributed by atoms with van der Waals surface area (Å²) in [7, 11) is 0. The maximum absolute atomic E-state index is 13.0. The summed E-state index contributed by atoms with van der Waals surface area (Å²) in [5.74, 6) is -4.19. The van der Waals surface area contributed by atoms with Crippen molar-refractivity contribution < 1.29 is 32.3 Å². The van der Waals surface area contributed by atoms with Crippen LogP contribution in [0.1, 0.15) is 65.7 Å². The SMILES string of the molecule is CC(C)(C)C(NC(=O)C(F)(F)F)C(=O)NC(CC1CC1)C(=O)NC(C#N)CC1CC2(CC2)NC1=O. The molecular weight excluding hydrogens is 467 g/mol. The van der Waals surface area contributed by atoms with E-state index in [1.54, 1.807) is 5.32 Å². The van der Waals surface area contributed by atoms with Gasteiger partial charge in [0.1, 0.15) is 18.1 Å². The van der Waals surface area contributed by atoms with Gasteiger partial charge in [0.25, 0.3) is 0 Å². The second-order valence-electron chi connectivity index (χ2n) is 11.1. The Kier molecular flexibility index (Phi) is 7.39. The predicted molar refractivity (Wildman–Crippen MR) is 117 cm³/mol. The molecule has 2 saturated carbocycles. The molecule has 9 nitrogen and oxygen atoms in total. The molecule has 0 radical (unpaired) electrons. The van der Waals surface area contributed by atoms with Gasteiger partial charge in [0.2, 0.25) is 17.7 Å². The van der Waals surface area contributed by atoms with Crippen LogP contribution in [0.4, 0.5) is 13.2 Å². The van der Waals surface area contributed by atoms with Crippen LogP contribution in [-0.2, 0) is 19.2 Å². The third-order valence-corrected chi connectivity index (χ3v) is 6.80. The van der Waals surface area contributed by atoms with Gasteiger partial charge < -0.3 is 21.3 Å². The lowest BCUT2D eigenvalue weighted by Gasteiger charge is -2.32. The molecule has 1 heterocycles. The number of carbonyl (C=O) groups is 4. The van der Waals surface area contributed by atoms with Gasteiger partial charge in [0, 0.05) is 11.5 Å². The zero-order valence-electron chi connectivity index (χ0n) is 20.1. The zero-order valence-corrected chi connectivity index (χ0v) is 20.1. The Hall–Kier alpha value is -2.84. The van der Waals surface area contributed by atoms with E-state index in [0.717, 1.165) is 25.7 Å². The number of carbonyl (C=O) groups excluding carboxylic acids is 4. The smallest absolute Gasteiger partial charge is 0.350 e. The van der Waals surface area contributed by atoms with Gasteiger partial charge in [-0.05, 0) is 43.4 Å². The van der Waals surface area contributed by atoms with Crippen LogP contribution in [0, 0.1) is 28.6 Å². The van der Waals surface area contributed by atoms with Gasteiger partial charge in [-0.2, -0.15) is 18.4 Å². The first-order chi connectivity index (χ1) is 16.1. The highest BCUT2D eigenvalue weighted by Crippen LogP contribution is 2.46. The highest BCUT2D eigenvalue weighted by atomic mass is 19.4. The Labute approximate surface area is 201 Å². The molecule has 4 amide bonds. The molecule has 4 N–H and O–H groups in total. The van der Waals surface area contributed by atoms with E-state index >= 15 is 0 Å². The van der Waals surface area contributed by atoms with Gasteiger partial charge in [0.15, 0.2) is 0 Å². The Morgan fingerprint density at radius 3 is 2.17 bits per heavy atom. The lowest BCUT2D eigenvalue weighted by atomic mass is 9.85. The van der Waals surface area contributed by atoms with Crippen LogP contribution in [0.25, 0.3) is 0 Å². The molecule has 1 aliphatic heterocycles. The molecule has 1 spiro atoms. The van der Waals surface area contributed by atoms with Gasteiger partial charge in [-0.3, -0.25) is 19.2 Å². The summed E-state index contributed by atoms with van der Waals surface area (Å²) in [6.45, 7) is 4.48. The molecule has 4 atom stereocenters. The third-order valence-electron chi connectivity index (χ3n) is 6.80. The first kappa shape index (κ1) is 26.8. The number of alkyl halides is 3. The van der Waals surface area contributed by atoms with E-state index in [1.165, 1.54) is 20.8 Å². The molecular formula is C23H32F3N5O4. The Morgan fingerprint density at radius 1 is 1.09 bits per heavy atom. The molecule has 0 bridgehead atoms. The summed E-state index contributed by atoms with van der Waals surface area (Å²) in [5, 5.41) is 19.3. The number of nitriles is 1. The van der Waals surface area contributed by atoms with Gasteiger partial charge >= 0.3 is 12.1 Å². The quantitative estimate of drug-likeness (QED) is 0.380. The number of amides is 4. The van der Waals surface area contributed by atoms with Crippen LogP contribution in [0.2, 0.25) is 0 Å². The van der Waals surface area contributed by atoms with Gasteiger partial charge in [0.05, 0.1) is 6.07 Å². The standard InChI is InChI=1S/C23H32F3N5O4/c1-21(2,3)16(30-20(35)23(24,25)26)19(34)29-15(8-12-4-5-12)18(33)28-14(11-27)9-13-10-22(6-7-22)31-17(13)32/h12-16H,4-10H2,1-3H3,(H,28,33)(H,29,34)(H,30,35)(H,31,32). The van der Waals surface area contributed by atoms with Crippen molar-refractivity contribution in [1.82, 2.24) is 21.3 Å². The minimum Gasteiger partial charge on any atom is -0.350 e. The summed E-state index contributed by atoms with van der Waals surface area (Å²) in [4.78, 5) is 49.7. The molecule has 0 aromatic heterocycles. The van der Waals surface area contributed by atoms with Crippen LogP contribution in [0.15, 0.2) is 0 Å². The summed E-state index contributed by atoms with van der Waals surface area (Å²) in [5.41, 5.74) is -1.24. The van der Waals surface area contributed by atoms with E-state index in [2.05, 4.69) is 16.0 Å². The normalized spacial score (nSPS) is 23.5. The molecule has 3 rings (SSSR count). The number of rotatable bonds is 9. The van der Waals surface area contributed by atoms with Gasteiger partial charge in [-0.1, -0.05) is 33.6 Å². The summed E-state index contributed by atoms with van der Waals surface area (Å²) < 4.78 is 38.4. The molecule has 1 saturated heterocycles. The van der Waals surface area contributed by atoms with Crippen LogP contribution >= 0.6 is 0 Å². The van der Waals surface area contributed by atoms with Crippen molar-refractivity contribution in [3.05, 3.63) is 0 Å². The van der Waals surface area contributed by atoms with Crippen molar-refractivity contribution in [2.24, 2.45) is 17.3 Å². The molecule has 12 heteroatoms. The van der Waals surface area contributed by atoms with Crippen LogP contribution in [-0.4, -0.2) is 53.5 Å². The summed E-state index contributed by atoms with van der Waals surface area (Å²) in [6, 6.07) is -1.61. The molecule has 194 valence electrons. The lowest BCUT2D eigenvalue weighted by Crippen LogP contribution is -2.59. The molecule has 0 aromatic rings. The fourth-order valence-electron chi connectivity index (χ4n) is 4.41. The van der Waals surface area contributed by atoms with Crippen molar-refractivity contribution in [3.8, 4) is 6.07 Å². The topological polar surface area (TPSA) is 140 Å². The first-order valence-electron chi connectivity index (χ1n) is 11.8. The van der Waals surface area contributed by atoms with Crippen molar-refractivity contribution in [3.63, 3.8) is 0 Å². The highest BCUT2D eigenvalue weighted by molar-refractivity contribution is 5.93. The van der Waals surface area contributed by atoms with Crippen LogP contribution in [0.5, 0.6) is 0 Å². The van der Waals surface area contributed by atoms with Crippen molar-refractivity contribution in [1.29, 1.82) is 5.26 Å². The fourth-order valence-corrected chi connectivity index (χ4v) is 4.41. The molecule has 4 unspecified atom stereocenters. The van der Waals surface area contributed by atoms with Crippen molar-refractivity contribution in [2.75, 3.05) is 0 Å². The van der Waals surface area contributed by atoms with E-state index in [0.29, 0.717) is 6.42 Å². The third kappa shape index (κ3) is 7.08. The minimum atomic E-state index is -5.17. The van der Waals surface area contributed by atoms with Crippen molar-refractivity contribution in [2.45, 2.75) is 95.6 Å². The Balaban J connectivity index is 1.65.